The second kappa shape index (κ2) is 4.21. The molecule has 1 unspecified atom stereocenters. The van der Waals surface area contributed by atoms with Gasteiger partial charge in [0.05, 0.1) is 21.7 Å². The fourth-order valence-electron chi connectivity index (χ4n) is 1.78. The van der Waals surface area contributed by atoms with Crippen molar-refractivity contribution in [1.82, 2.24) is 0 Å². The maximum absolute atomic E-state index is 11.6. The highest BCUT2D eigenvalue weighted by atomic mass is 35.5. The molecule has 1 aromatic rings. The zero-order chi connectivity index (χ0) is 12.6. The van der Waals surface area contributed by atoms with Crippen molar-refractivity contribution in [1.29, 1.82) is 0 Å². The summed E-state index contributed by atoms with van der Waals surface area (Å²) in [5.74, 6) is -0.169. The molecule has 1 aliphatic rings. The first-order valence-corrected chi connectivity index (χ1v) is 5.41. The van der Waals surface area contributed by atoms with Gasteiger partial charge >= 0.3 is 0 Å². The first kappa shape index (κ1) is 11.7. The Hall–Kier alpha value is -1.82. The van der Waals surface area contributed by atoms with E-state index >= 15 is 0 Å². The van der Waals surface area contributed by atoms with E-state index in [9.17, 15) is 14.9 Å². The molecule has 6 nitrogen and oxygen atoms in total. The van der Waals surface area contributed by atoms with Crippen LogP contribution in [0.2, 0.25) is 0 Å². The Bertz CT molecular complexity index is 492. The van der Waals surface area contributed by atoms with Gasteiger partial charge in [0.25, 0.3) is 5.69 Å². The third-order valence-electron chi connectivity index (χ3n) is 2.59. The number of halogens is 1. The third-order valence-corrected chi connectivity index (χ3v) is 2.89. The molecule has 1 aromatic carbocycles. The van der Waals surface area contributed by atoms with Crippen LogP contribution in [0.4, 0.5) is 17.1 Å². The number of rotatable bonds is 2. The normalized spacial score (nSPS) is 19.7. The summed E-state index contributed by atoms with van der Waals surface area (Å²) in [5, 5.41) is 10.4. The lowest BCUT2D eigenvalue weighted by atomic mass is 10.2. The molecule has 1 aliphatic heterocycles. The molecule has 0 saturated carbocycles. The Morgan fingerprint density at radius 1 is 1.53 bits per heavy atom. The van der Waals surface area contributed by atoms with Gasteiger partial charge in [-0.1, -0.05) is 0 Å². The number of hydrogen-bond donors (Lipinski definition) is 1. The van der Waals surface area contributed by atoms with Crippen molar-refractivity contribution in [3.63, 3.8) is 0 Å². The minimum Gasteiger partial charge on any atom is -0.397 e. The molecule has 0 radical (unpaired) electrons. The number of nitrogens with two attached hydrogens (primary N) is 1. The molecule has 1 amide bonds. The average Bonchev–Trinajstić information content (AvgIpc) is 2.58. The summed E-state index contributed by atoms with van der Waals surface area (Å²) in [7, 11) is 0. The molecule has 1 fully saturated rings. The molecule has 7 heteroatoms. The molecule has 90 valence electrons. The number of benzene rings is 1. The SMILES string of the molecule is Nc1ccc([N+](=O)[O-])cc1N1CC(Cl)CC1=O. The smallest absolute Gasteiger partial charge is 0.271 e. The Morgan fingerprint density at radius 2 is 2.24 bits per heavy atom. The van der Waals surface area contributed by atoms with Gasteiger partial charge in [0.2, 0.25) is 5.91 Å². The van der Waals surface area contributed by atoms with E-state index in [1.165, 1.54) is 23.1 Å². The Labute approximate surface area is 102 Å². The van der Waals surface area contributed by atoms with Gasteiger partial charge in [-0.3, -0.25) is 14.9 Å². The zero-order valence-electron chi connectivity index (χ0n) is 8.80. The number of nitrogen functional groups attached to an aromatic ring is 1. The third kappa shape index (κ3) is 2.16. The van der Waals surface area contributed by atoms with Gasteiger partial charge in [0, 0.05) is 25.1 Å². The van der Waals surface area contributed by atoms with Crippen molar-refractivity contribution >= 4 is 34.6 Å². The van der Waals surface area contributed by atoms with E-state index in [4.69, 9.17) is 17.3 Å². The molecule has 2 rings (SSSR count). The molecular formula is C10H10ClN3O3. The molecule has 1 heterocycles. The summed E-state index contributed by atoms with van der Waals surface area (Å²) in [4.78, 5) is 23.2. The minimum absolute atomic E-state index is 0.0972. The van der Waals surface area contributed by atoms with Crippen molar-refractivity contribution in [2.45, 2.75) is 11.8 Å². The number of carbonyl (C=O) groups is 1. The number of anilines is 2. The van der Waals surface area contributed by atoms with Gasteiger partial charge in [-0.05, 0) is 6.07 Å². The van der Waals surface area contributed by atoms with E-state index in [-0.39, 0.29) is 23.4 Å². The molecule has 0 aromatic heterocycles. The maximum Gasteiger partial charge on any atom is 0.271 e. The average molecular weight is 256 g/mol. The number of nitrogens with zero attached hydrogens (tertiary/aromatic N) is 2. The van der Waals surface area contributed by atoms with Crippen LogP contribution in [0.3, 0.4) is 0 Å². The van der Waals surface area contributed by atoms with Gasteiger partial charge in [0.15, 0.2) is 0 Å². The fourth-order valence-corrected chi connectivity index (χ4v) is 2.05. The predicted octanol–water partition coefficient (Wildman–Crippen LogP) is 1.52. The Morgan fingerprint density at radius 3 is 2.76 bits per heavy atom. The topological polar surface area (TPSA) is 89.5 Å². The van der Waals surface area contributed by atoms with E-state index in [1.54, 1.807) is 0 Å². The van der Waals surface area contributed by atoms with Crippen molar-refractivity contribution in [3.05, 3.63) is 28.3 Å². The van der Waals surface area contributed by atoms with Crippen LogP contribution in [-0.4, -0.2) is 22.8 Å². The fraction of sp³-hybridized carbons (Fsp3) is 0.300. The highest BCUT2D eigenvalue weighted by Gasteiger charge is 2.31. The number of nitro benzene ring substituents is 1. The first-order chi connectivity index (χ1) is 7.99. The second-order valence-electron chi connectivity index (χ2n) is 3.81. The molecule has 17 heavy (non-hydrogen) atoms. The summed E-state index contributed by atoms with van der Waals surface area (Å²) in [6.45, 7) is 0.325. The van der Waals surface area contributed by atoms with E-state index in [0.717, 1.165) is 0 Å². The highest BCUT2D eigenvalue weighted by Crippen LogP contribution is 2.32. The number of hydrogen-bond acceptors (Lipinski definition) is 4. The lowest BCUT2D eigenvalue weighted by Gasteiger charge is -2.17. The molecule has 0 bridgehead atoms. The number of carbonyl (C=O) groups excluding carboxylic acids is 1. The first-order valence-electron chi connectivity index (χ1n) is 4.97. The number of nitro groups is 1. The Balaban J connectivity index is 2.41. The number of alkyl halides is 1. The van der Waals surface area contributed by atoms with Crippen LogP contribution >= 0.6 is 11.6 Å². The zero-order valence-corrected chi connectivity index (χ0v) is 9.55. The molecule has 0 spiro atoms. The van der Waals surface area contributed by atoms with Gasteiger partial charge in [0.1, 0.15) is 0 Å². The van der Waals surface area contributed by atoms with Crippen molar-refractivity contribution < 1.29 is 9.72 Å². The summed E-state index contributed by atoms with van der Waals surface area (Å²) in [6.07, 6.45) is 0.226. The van der Waals surface area contributed by atoms with Crippen LogP contribution in [0.15, 0.2) is 18.2 Å². The van der Waals surface area contributed by atoms with Crippen LogP contribution in [-0.2, 0) is 4.79 Å². The largest absolute Gasteiger partial charge is 0.397 e. The predicted molar refractivity (Wildman–Crippen MR) is 64.1 cm³/mol. The van der Waals surface area contributed by atoms with E-state index in [0.29, 0.717) is 17.9 Å². The van der Waals surface area contributed by atoms with Crippen LogP contribution in [0.1, 0.15) is 6.42 Å². The molecular weight excluding hydrogens is 246 g/mol. The molecule has 2 N–H and O–H groups in total. The summed E-state index contributed by atoms with van der Waals surface area (Å²) in [6, 6.07) is 4.02. The van der Waals surface area contributed by atoms with E-state index in [2.05, 4.69) is 0 Å². The van der Waals surface area contributed by atoms with Crippen LogP contribution in [0.5, 0.6) is 0 Å². The van der Waals surface area contributed by atoms with Crippen LogP contribution < -0.4 is 10.6 Å². The number of amides is 1. The summed E-state index contributed by atoms with van der Waals surface area (Å²) < 4.78 is 0. The molecule has 1 saturated heterocycles. The number of non-ortho nitro benzene ring substituents is 1. The van der Waals surface area contributed by atoms with Gasteiger partial charge in [-0.2, -0.15) is 0 Å². The quantitative estimate of drug-likeness (QED) is 0.375. The highest BCUT2D eigenvalue weighted by molar-refractivity contribution is 6.24. The van der Waals surface area contributed by atoms with Crippen LogP contribution in [0.25, 0.3) is 0 Å². The van der Waals surface area contributed by atoms with E-state index < -0.39 is 4.92 Å². The Kier molecular flexibility index (Phi) is 2.89. The minimum atomic E-state index is -0.526. The van der Waals surface area contributed by atoms with Gasteiger partial charge in [-0.25, -0.2) is 0 Å². The summed E-state index contributed by atoms with van der Waals surface area (Å²) in [5.41, 5.74) is 6.30. The molecule has 1 atom stereocenters. The van der Waals surface area contributed by atoms with Crippen molar-refractivity contribution in [3.8, 4) is 0 Å². The lowest BCUT2D eigenvalue weighted by Crippen LogP contribution is -2.25. The molecule has 0 aliphatic carbocycles. The summed E-state index contributed by atoms with van der Waals surface area (Å²) >= 11 is 5.87. The second-order valence-corrected chi connectivity index (χ2v) is 4.42. The van der Waals surface area contributed by atoms with Gasteiger partial charge in [-0.15, -0.1) is 11.6 Å². The van der Waals surface area contributed by atoms with Gasteiger partial charge < -0.3 is 10.6 Å². The van der Waals surface area contributed by atoms with E-state index in [1.807, 2.05) is 0 Å². The van der Waals surface area contributed by atoms with Crippen molar-refractivity contribution in [2.75, 3.05) is 17.2 Å². The standard InChI is InChI=1S/C10H10ClN3O3/c11-6-3-10(15)13(5-6)9-4-7(14(16)17)1-2-8(9)12/h1-2,4,6H,3,5,12H2. The monoisotopic (exact) mass is 255 g/mol. The van der Waals surface area contributed by atoms with Crippen LogP contribution in [0, 0.1) is 10.1 Å². The maximum atomic E-state index is 11.6. The van der Waals surface area contributed by atoms with Crippen molar-refractivity contribution in [2.24, 2.45) is 0 Å². The lowest BCUT2D eigenvalue weighted by molar-refractivity contribution is -0.384.